The van der Waals surface area contributed by atoms with Crippen LogP contribution in [0.4, 0.5) is 10.5 Å². The predicted octanol–water partition coefficient (Wildman–Crippen LogP) is 3.89. The van der Waals surface area contributed by atoms with Gasteiger partial charge in [-0.25, -0.2) is 4.79 Å². The molecule has 3 fully saturated rings. The molecule has 1 aliphatic heterocycles. The molecule has 6 nitrogen and oxygen atoms in total. The van der Waals surface area contributed by atoms with E-state index in [1.54, 1.807) is 0 Å². The number of carbonyl (C=O) groups excluding carboxylic acids is 2. The summed E-state index contributed by atoms with van der Waals surface area (Å²) >= 11 is 0. The molecule has 4 rings (SSSR count). The predicted molar refractivity (Wildman–Crippen MR) is 120 cm³/mol. The van der Waals surface area contributed by atoms with E-state index in [9.17, 15) is 9.59 Å². The molecule has 6 heteroatoms. The van der Waals surface area contributed by atoms with Crippen molar-refractivity contribution in [2.75, 3.05) is 11.9 Å². The summed E-state index contributed by atoms with van der Waals surface area (Å²) in [6.07, 6.45) is 9.26. The van der Waals surface area contributed by atoms with E-state index in [1.807, 2.05) is 0 Å². The maximum atomic E-state index is 12.2. The molecule has 1 aromatic carbocycles. The van der Waals surface area contributed by atoms with Crippen LogP contribution < -0.4 is 21.3 Å². The molecule has 3 aliphatic rings. The number of hydrogen-bond donors (Lipinski definition) is 4. The Bertz CT molecular complexity index is 743. The molecule has 2 saturated carbocycles. The smallest absolute Gasteiger partial charge is 0.315 e. The van der Waals surface area contributed by atoms with Gasteiger partial charge in [0, 0.05) is 24.3 Å². The Hall–Kier alpha value is -2.24. The van der Waals surface area contributed by atoms with E-state index in [2.05, 4.69) is 59.4 Å². The van der Waals surface area contributed by atoms with Crippen LogP contribution in [0.25, 0.3) is 0 Å². The molecule has 4 N–H and O–H groups in total. The minimum Gasteiger partial charge on any atom is -0.382 e. The second-order valence-electron chi connectivity index (χ2n) is 10.2. The zero-order valence-corrected chi connectivity index (χ0v) is 18.3. The molecule has 2 aliphatic carbocycles. The Morgan fingerprint density at radius 1 is 0.967 bits per heavy atom. The molecule has 1 atom stereocenters. The molecule has 30 heavy (non-hydrogen) atoms. The van der Waals surface area contributed by atoms with Gasteiger partial charge in [0.2, 0.25) is 5.91 Å². The van der Waals surface area contributed by atoms with Gasteiger partial charge in [-0.3, -0.25) is 4.79 Å². The third-order valence-electron chi connectivity index (χ3n) is 7.25. The minimum atomic E-state index is -0.443. The average molecular weight is 413 g/mol. The Labute approximate surface area is 180 Å². The number of anilines is 1. The van der Waals surface area contributed by atoms with Gasteiger partial charge in [-0.15, -0.1) is 0 Å². The number of nitrogens with one attached hydrogen (secondary N) is 4. The molecule has 1 heterocycles. The van der Waals surface area contributed by atoms with Crippen LogP contribution in [0.5, 0.6) is 0 Å². The molecule has 0 bridgehead atoms. The van der Waals surface area contributed by atoms with Crippen molar-refractivity contribution < 1.29 is 9.59 Å². The lowest BCUT2D eigenvalue weighted by Crippen LogP contribution is -2.48. The second-order valence-corrected chi connectivity index (χ2v) is 10.2. The quantitative estimate of drug-likeness (QED) is 0.592. The fraction of sp³-hybridized carbons (Fsp3) is 0.667. The van der Waals surface area contributed by atoms with E-state index in [0.717, 1.165) is 25.7 Å². The molecule has 0 radical (unpaired) electrons. The second kappa shape index (κ2) is 8.86. The van der Waals surface area contributed by atoms with Crippen molar-refractivity contribution >= 4 is 17.6 Å². The highest BCUT2D eigenvalue weighted by molar-refractivity contribution is 5.90. The summed E-state index contributed by atoms with van der Waals surface area (Å²) < 4.78 is 0. The van der Waals surface area contributed by atoms with Crippen molar-refractivity contribution in [2.45, 2.75) is 89.3 Å². The SMILES string of the molecule is CC1(C)CCC(c2ccc(NC3CCC(NC(=O)[C@H]4CNC(=O)N4)CC3)cc2)CC1. The summed E-state index contributed by atoms with van der Waals surface area (Å²) in [5.74, 6) is 0.637. The summed E-state index contributed by atoms with van der Waals surface area (Å²) in [5, 5.41) is 12.0. The van der Waals surface area contributed by atoms with Crippen molar-refractivity contribution in [3.05, 3.63) is 29.8 Å². The summed E-state index contributed by atoms with van der Waals surface area (Å²) in [5.41, 5.74) is 3.19. The third-order valence-corrected chi connectivity index (χ3v) is 7.25. The fourth-order valence-electron chi connectivity index (χ4n) is 5.12. The lowest BCUT2D eigenvalue weighted by atomic mass is 9.71. The summed E-state index contributed by atoms with van der Waals surface area (Å²) in [6.45, 7) is 5.15. The van der Waals surface area contributed by atoms with Crippen molar-refractivity contribution in [2.24, 2.45) is 5.41 Å². The number of hydrogen-bond acceptors (Lipinski definition) is 3. The Balaban J connectivity index is 1.20. The molecule has 3 amide bonds. The Morgan fingerprint density at radius 2 is 1.60 bits per heavy atom. The molecule has 164 valence electrons. The number of urea groups is 1. The number of rotatable bonds is 5. The largest absolute Gasteiger partial charge is 0.382 e. The van der Waals surface area contributed by atoms with Crippen LogP contribution in [0.15, 0.2) is 24.3 Å². The lowest BCUT2D eigenvalue weighted by molar-refractivity contribution is -0.123. The minimum absolute atomic E-state index is 0.0774. The van der Waals surface area contributed by atoms with Crippen LogP contribution in [-0.4, -0.2) is 36.6 Å². The molecular formula is C24H36N4O2. The van der Waals surface area contributed by atoms with Gasteiger partial charge < -0.3 is 21.3 Å². The van der Waals surface area contributed by atoms with Crippen molar-refractivity contribution in [3.8, 4) is 0 Å². The zero-order chi connectivity index (χ0) is 21.1. The Morgan fingerprint density at radius 3 is 2.20 bits per heavy atom. The molecule has 0 aromatic heterocycles. The van der Waals surface area contributed by atoms with Gasteiger partial charge in [-0.2, -0.15) is 0 Å². The highest BCUT2D eigenvalue weighted by Crippen LogP contribution is 2.42. The third kappa shape index (κ3) is 5.27. The van der Waals surface area contributed by atoms with Gasteiger partial charge in [-0.05, 0) is 80.4 Å². The van der Waals surface area contributed by atoms with Gasteiger partial charge in [0.1, 0.15) is 6.04 Å². The van der Waals surface area contributed by atoms with Gasteiger partial charge in [0.15, 0.2) is 0 Å². The Kier molecular flexibility index (Phi) is 6.21. The maximum Gasteiger partial charge on any atom is 0.315 e. The molecule has 0 unspecified atom stereocenters. The van der Waals surface area contributed by atoms with Gasteiger partial charge in [0.25, 0.3) is 0 Å². The molecule has 0 spiro atoms. The van der Waals surface area contributed by atoms with Crippen LogP contribution >= 0.6 is 0 Å². The number of benzene rings is 1. The number of amides is 3. The van der Waals surface area contributed by atoms with Gasteiger partial charge >= 0.3 is 6.03 Å². The number of carbonyl (C=O) groups is 2. The van der Waals surface area contributed by atoms with E-state index in [4.69, 9.17) is 0 Å². The van der Waals surface area contributed by atoms with Crippen molar-refractivity contribution in [1.29, 1.82) is 0 Å². The average Bonchev–Trinajstić information content (AvgIpc) is 3.17. The fourth-order valence-corrected chi connectivity index (χ4v) is 5.12. The first-order chi connectivity index (χ1) is 14.4. The van der Waals surface area contributed by atoms with Crippen LogP contribution in [-0.2, 0) is 4.79 Å². The molecular weight excluding hydrogens is 376 g/mol. The monoisotopic (exact) mass is 412 g/mol. The van der Waals surface area contributed by atoms with Crippen LogP contribution in [0.1, 0.15) is 76.7 Å². The first kappa shape index (κ1) is 21.0. The van der Waals surface area contributed by atoms with Gasteiger partial charge in [0.05, 0.1) is 0 Å². The van der Waals surface area contributed by atoms with Crippen LogP contribution in [0, 0.1) is 5.41 Å². The van der Waals surface area contributed by atoms with Crippen LogP contribution in [0.2, 0.25) is 0 Å². The lowest BCUT2D eigenvalue weighted by Gasteiger charge is -2.34. The normalized spacial score (nSPS) is 29.0. The first-order valence-corrected chi connectivity index (χ1v) is 11.6. The highest BCUT2D eigenvalue weighted by Gasteiger charge is 2.30. The zero-order valence-electron chi connectivity index (χ0n) is 18.3. The van der Waals surface area contributed by atoms with Crippen molar-refractivity contribution in [1.82, 2.24) is 16.0 Å². The summed E-state index contributed by atoms with van der Waals surface area (Å²) in [7, 11) is 0. The maximum absolute atomic E-state index is 12.2. The summed E-state index contributed by atoms with van der Waals surface area (Å²) in [4.78, 5) is 23.4. The topological polar surface area (TPSA) is 82.3 Å². The molecule has 1 aromatic rings. The van der Waals surface area contributed by atoms with E-state index < -0.39 is 6.04 Å². The van der Waals surface area contributed by atoms with E-state index in [-0.39, 0.29) is 18.0 Å². The van der Waals surface area contributed by atoms with E-state index in [1.165, 1.54) is 36.9 Å². The van der Waals surface area contributed by atoms with Crippen molar-refractivity contribution in [3.63, 3.8) is 0 Å². The standard InChI is InChI=1S/C24H36N4O2/c1-24(2)13-11-17(12-14-24)16-3-5-18(6-4-16)26-19-7-9-20(10-8-19)27-22(29)21-15-25-23(30)28-21/h3-6,17,19-21,26H,7-15H2,1-2H3,(H,27,29)(H2,25,28,30)/t19?,20?,21-/m1/s1. The molecule has 1 saturated heterocycles. The van der Waals surface area contributed by atoms with Crippen LogP contribution in [0.3, 0.4) is 0 Å². The summed E-state index contributed by atoms with van der Waals surface area (Å²) in [6, 6.07) is 9.03. The first-order valence-electron chi connectivity index (χ1n) is 11.6. The van der Waals surface area contributed by atoms with E-state index >= 15 is 0 Å². The van der Waals surface area contributed by atoms with E-state index in [0.29, 0.717) is 23.9 Å². The van der Waals surface area contributed by atoms with Gasteiger partial charge in [-0.1, -0.05) is 26.0 Å². The highest BCUT2D eigenvalue weighted by atomic mass is 16.2.